The first-order valence-corrected chi connectivity index (χ1v) is 9.62. The minimum absolute atomic E-state index is 0.0500. The fraction of sp³-hybridized carbons (Fsp3) is 0.208. The minimum Gasteiger partial charge on any atom is -0.465 e. The van der Waals surface area contributed by atoms with Crippen molar-refractivity contribution in [1.29, 1.82) is 0 Å². The molecule has 1 unspecified atom stereocenters. The molecule has 0 aromatic heterocycles. The average Bonchev–Trinajstić information content (AvgIpc) is 2.72. The first-order chi connectivity index (χ1) is 14.1. The van der Waals surface area contributed by atoms with Crippen molar-refractivity contribution in [2.24, 2.45) is 0 Å². The van der Waals surface area contributed by atoms with Gasteiger partial charge in [-0.3, -0.25) is 4.90 Å². The lowest BCUT2D eigenvalue weighted by atomic mass is 10.0. The third-order valence-corrected chi connectivity index (χ3v) is 4.67. The van der Waals surface area contributed by atoms with E-state index in [1.54, 1.807) is 13.0 Å². The van der Waals surface area contributed by atoms with Gasteiger partial charge in [-0.25, -0.2) is 9.18 Å². The monoisotopic (exact) mass is 392 g/mol. The molecule has 150 valence electrons. The van der Waals surface area contributed by atoms with Crippen LogP contribution in [-0.2, 0) is 22.6 Å². The maximum absolute atomic E-state index is 14.2. The van der Waals surface area contributed by atoms with Crippen LogP contribution >= 0.6 is 0 Å². The second kappa shape index (κ2) is 9.85. The lowest BCUT2D eigenvalue weighted by Gasteiger charge is -2.31. The van der Waals surface area contributed by atoms with Gasteiger partial charge in [0, 0.05) is 13.1 Å². The maximum Gasteiger partial charge on any atom is 0.328 e. The molecular weight excluding hydrogens is 367 g/mol. The van der Waals surface area contributed by atoms with E-state index in [2.05, 4.69) is 0 Å². The Morgan fingerprint density at radius 3 is 2.00 bits per heavy atom. The number of esters is 1. The number of ether oxygens (including phenoxy) is 1. The van der Waals surface area contributed by atoms with Gasteiger partial charge in [0.25, 0.3) is 0 Å². The van der Waals surface area contributed by atoms with Crippen LogP contribution in [0.1, 0.15) is 29.7 Å². The van der Waals surface area contributed by atoms with Gasteiger partial charge in [0.15, 0.2) is 0 Å². The van der Waals surface area contributed by atoms with E-state index in [0.717, 1.165) is 11.1 Å². The van der Waals surface area contributed by atoms with E-state index in [1.807, 2.05) is 65.6 Å². The van der Waals surface area contributed by atoms with Crippen LogP contribution in [0.15, 0.2) is 78.9 Å². The molecule has 0 aliphatic carbocycles. The number of carbonyl (C=O) groups excluding carboxylic acids is 1. The number of nitrogens with two attached hydrogens (primary N) is 1. The van der Waals surface area contributed by atoms with Crippen LogP contribution in [0, 0.1) is 5.82 Å². The number of halogens is 1. The van der Waals surface area contributed by atoms with Gasteiger partial charge in [-0.15, -0.1) is 0 Å². The van der Waals surface area contributed by atoms with Crippen molar-refractivity contribution in [3.63, 3.8) is 0 Å². The van der Waals surface area contributed by atoms with Crippen molar-refractivity contribution in [3.05, 3.63) is 101 Å². The van der Waals surface area contributed by atoms with Crippen LogP contribution in [0.4, 0.5) is 10.1 Å². The summed E-state index contributed by atoms with van der Waals surface area (Å²) >= 11 is 0. The molecule has 0 aliphatic heterocycles. The molecule has 0 saturated heterocycles. The van der Waals surface area contributed by atoms with Crippen molar-refractivity contribution < 1.29 is 13.9 Å². The van der Waals surface area contributed by atoms with Gasteiger partial charge in [0.2, 0.25) is 0 Å². The highest BCUT2D eigenvalue weighted by Gasteiger charge is 2.30. The SMILES string of the molecule is CCOC(=O)C(c1ccc(N)c(F)c1)N(Cc1ccccc1)Cc1ccccc1. The van der Waals surface area contributed by atoms with Gasteiger partial charge in [0.1, 0.15) is 11.9 Å². The zero-order valence-electron chi connectivity index (χ0n) is 16.4. The lowest BCUT2D eigenvalue weighted by Crippen LogP contribution is -2.34. The Hall–Kier alpha value is -3.18. The Labute approximate surface area is 170 Å². The second-order valence-electron chi connectivity index (χ2n) is 6.81. The van der Waals surface area contributed by atoms with E-state index in [9.17, 15) is 9.18 Å². The molecule has 0 fully saturated rings. The molecule has 3 aromatic carbocycles. The van der Waals surface area contributed by atoms with Gasteiger partial charge in [-0.05, 0) is 35.7 Å². The van der Waals surface area contributed by atoms with Crippen LogP contribution in [0.2, 0.25) is 0 Å². The third-order valence-electron chi connectivity index (χ3n) is 4.67. The van der Waals surface area contributed by atoms with Crippen LogP contribution in [0.5, 0.6) is 0 Å². The Balaban J connectivity index is 2.02. The van der Waals surface area contributed by atoms with Crippen LogP contribution in [0.3, 0.4) is 0 Å². The smallest absolute Gasteiger partial charge is 0.328 e. The Morgan fingerprint density at radius 1 is 0.966 bits per heavy atom. The Kier molecular flexibility index (Phi) is 6.98. The summed E-state index contributed by atoms with van der Waals surface area (Å²) in [5.41, 5.74) is 8.31. The predicted octanol–water partition coefficient (Wildman–Crippen LogP) is 4.71. The first kappa shape index (κ1) is 20.6. The fourth-order valence-corrected chi connectivity index (χ4v) is 3.30. The molecule has 3 aromatic rings. The number of nitrogens with zero attached hydrogens (tertiary/aromatic N) is 1. The fourth-order valence-electron chi connectivity index (χ4n) is 3.30. The van der Waals surface area contributed by atoms with E-state index >= 15 is 0 Å². The molecule has 3 rings (SSSR count). The number of anilines is 1. The molecule has 1 atom stereocenters. The Morgan fingerprint density at radius 2 is 1.52 bits per heavy atom. The molecule has 0 bridgehead atoms. The molecule has 0 spiro atoms. The van der Waals surface area contributed by atoms with Crippen LogP contribution in [0.25, 0.3) is 0 Å². The highest BCUT2D eigenvalue weighted by molar-refractivity contribution is 5.78. The largest absolute Gasteiger partial charge is 0.465 e. The number of carbonyl (C=O) groups is 1. The summed E-state index contributed by atoms with van der Waals surface area (Å²) in [7, 11) is 0. The summed E-state index contributed by atoms with van der Waals surface area (Å²) in [6.45, 7) is 3.02. The Bertz CT molecular complexity index is 891. The van der Waals surface area contributed by atoms with E-state index in [-0.39, 0.29) is 12.3 Å². The number of nitrogen functional groups attached to an aromatic ring is 1. The van der Waals surface area contributed by atoms with Gasteiger partial charge in [-0.1, -0.05) is 66.7 Å². The normalized spacial score (nSPS) is 12.0. The molecule has 4 nitrogen and oxygen atoms in total. The maximum atomic E-state index is 14.2. The average molecular weight is 392 g/mol. The van der Waals surface area contributed by atoms with Crippen molar-refractivity contribution >= 4 is 11.7 Å². The summed E-state index contributed by atoms with van der Waals surface area (Å²) < 4.78 is 19.6. The van der Waals surface area contributed by atoms with Crippen molar-refractivity contribution in [1.82, 2.24) is 4.90 Å². The van der Waals surface area contributed by atoms with E-state index in [4.69, 9.17) is 10.5 Å². The van der Waals surface area contributed by atoms with Gasteiger partial charge in [-0.2, -0.15) is 0 Å². The number of rotatable bonds is 8. The quantitative estimate of drug-likeness (QED) is 0.445. The van der Waals surface area contributed by atoms with E-state index in [0.29, 0.717) is 18.7 Å². The molecule has 0 amide bonds. The summed E-state index contributed by atoms with van der Waals surface area (Å²) in [5, 5.41) is 0. The van der Waals surface area contributed by atoms with Crippen LogP contribution in [-0.4, -0.2) is 17.5 Å². The number of benzene rings is 3. The second-order valence-corrected chi connectivity index (χ2v) is 6.81. The van der Waals surface area contributed by atoms with E-state index in [1.165, 1.54) is 12.1 Å². The van der Waals surface area contributed by atoms with Gasteiger partial charge in [0.05, 0.1) is 12.3 Å². The highest BCUT2D eigenvalue weighted by atomic mass is 19.1. The topological polar surface area (TPSA) is 55.6 Å². The molecule has 0 saturated carbocycles. The standard InChI is InChI=1S/C24H25FN2O2/c1-2-29-24(28)23(20-13-14-22(26)21(25)15-20)27(16-18-9-5-3-6-10-18)17-19-11-7-4-8-12-19/h3-15,23H,2,16-17,26H2,1H3. The molecule has 0 radical (unpaired) electrons. The number of hydrogen-bond donors (Lipinski definition) is 1. The zero-order valence-corrected chi connectivity index (χ0v) is 16.4. The van der Waals surface area contributed by atoms with Gasteiger partial charge < -0.3 is 10.5 Å². The summed E-state index contributed by atoms with van der Waals surface area (Å²) in [4.78, 5) is 14.9. The number of hydrogen-bond acceptors (Lipinski definition) is 4. The summed E-state index contributed by atoms with van der Waals surface area (Å²) in [6.07, 6.45) is 0. The predicted molar refractivity (Wildman–Crippen MR) is 112 cm³/mol. The first-order valence-electron chi connectivity index (χ1n) is 9.62. The van der Waals surface area contributed by atoms with Crippen LogP contribution < -0.4 is 5.73 Å². The summed E-state index contributed by atoms with van der Waals surface area (Å²) in [5.74, 6) is -0.959. The molecule has 0 aliphatic rings. The van der Waals surface area contributed by atoms with Crippen molar-refractivity contribution in [2.75, 3.05) is 12.3 Å². The lowest BCUT2D eigenvalue weighted by molar-refractivity contribution is -0.150. The third kappa shape index (κ3) is 5.42. The summed E-state index contributed by atoms with van der Waals surface area (Å²) in [6, 6.07) is 23.5. The van der Waals surface area contributed by atoms with E-state index < -0.39 is 17.8 Å². The molecule has 0 heterocycles. The molecule has 5 heteroatoms. The van der Waals surface area contributed by atoms with Gasteiger partial charge >= 0.3 is 5.97 Å². The highest BCUT2D eigenvalue weighted by Crippen LogP contribution is 2.28. The minimum atomic E-state index is -0.759. The zero-order chi connectivity index (χ0) is 20.6. The van der Waals surface area contributed by atoms with Crippen molar-refractivity contribution in [2.45, 2.75) is 26.1 Å². The molecule has 29 heavy (non-hydrogen) atoms. The van der Waals surface area contributed by atoms with Crippen molar-refractivity contribution in [3.8, 4) is 0 Å². The molecule has 2 N–H and O–H groups in total. The molecular formula is C24H25FN2O2.